The first-order chi connectivity index (χ1) is 15.8. The van der Waals surface area contributed by atoms with Gasteiger partial charge in [0.15, 0.2) is 11.5 Å². The van der Waals surface area contributed by atoms with Crippen LogP contribution in [0.2, 0.25) is 5.02 Å². The van der Waals surface area contributed by atoms with Gasteiger partial charge in [0.2, 0.25) is 15.9 Å². The molecule has 2 heterocycles. The molecule has 0 radical (unpaired) electrons. The van der Waals surface area contributed by atoms with Crippen LogP contribution >= 0.6 is 11.6 Å². The van der Waals surface area contributed by atoms with Gasteiger partial charge in [0, 0.05) is 37.6 Å². The number of nitrogens with one attached hydrogen (secondary N) is 1. The summed E-state index contributed by atoms with van der Waals surface area (Å²) < 4.78 is 39.8. The lowest BCUT2D eigenvalue weighted by Crippen LogP contribution is -2.40. The van der Waals surface area contributed by atoms with E-state index in [-0.39, 0.29) is 11.4 Å². The lowest BCUT2D eigenvalue weighted by atomic mass is 10.1. The van der Waals surface area contributed by atoms with E-state index in [2.05, 4.69) is 10.3 Å². The van der Waals surface area contributed by atoms with Crippen LogP contribution in [0, 0.1) is 0 Å². The molecule has 11 heteroatoms. The number of aromatic nitrogens is 2. The summed E-state index contributed by atoms with van der Waals surface area (Å²) in [5, 5.41) is 3.45. The number of imidazole rings is 1. The minimum absolute atomic E-state index is 0.0143. The molecule has 1 atom stereocenters. The lowest BCUT2D eigenvalue weighted by Gasteiger charge is -2.23. The number of amides is 1. The SMILES string of the molecule is CN(CC(=O)N[C@H](c1ccc(Cl)cc1)c1nccn1C)S(=O)(=O)c1ccc2c(c1)OCCO2. The van der Waals surface area contributed by atoms with Crippen LogP contribution in [-0.4, -0.2) is 55.0 Å². The van der Waals surface area contributed by atoms with Crippen LogP contribution in [0.4, 0.5) is 0 Å². The van der Waals surface area contributed by atoms with Crippen molar-refractivity contribution in [1.29, 1.82) is 0 Å². The molecule has 0 aliphatic carbocycles. The second-order valence-electron chi connectivity index (χ2n) is 7.51. The van der Waals surface area contributed by atoms with Crippen molar-refractivity contribution >= 4 is 27.5 Å². The third kappa shape index (κ3) is 4.97. The maximum atomic E-state index is 13.0. The Bertz CT molecular complexity index is 1260. The van der Waals surface area contributed by atoms with E-state index in [0.29, 0.717) is 35.6 Å². The van der Waals surface area contributed by atoms with Gasteiger partial charge in [0.1, 0.15) is 25.1 Å². The minimum Gasteiger partial charge on any atom is -0.486 e. The Morgan fingerprint density at radius 2 is 1.88 bits per heavy atom. The fourth-order valence-corrected chi connectivity index (χ4v) is 4.73. The molecule has 0 bridgehead atoms. The molecule has 2 aromatic carbocycles. The fraction of sp³-hybridized carbons (Fsp3) is 0.273. The monoisotopic (exact) mass is 490 g/mol. The first kappa shape index (κ1) is 23.1. The normalized spacial score (nSPS) is 14.2. The summed E-state index contributed by atoms with van der Waals surface area (Å²) in [5.41, 5.74) is 0.763. The van der Waals surface area contributed by atoms with E-state index in [0.717, 1.165) is 9.87 Å². The number of halogens is 1. The zero-order chi connectivity index (χ0) is 23.6. The summed E-state index contributed by atoms with van der Waals surface area (Å²) >= 11 is 6.00. The van der Waals surface area contributed by atoms with Gasteiger partial charge in [-0.25, -0.2) is 13.4 Å². The Labute approximate surface area is 196 Å². The number of carbonyl (C=O) groups excluding carboxylic acids is 1. The number of nitrogens with zero attached hydrogens (tertiary/aromatic N) is 3. The predicted octanol–water partition coefficient (Wildman–Crippen LogP) is 2.37. The van der Waals surface area contributed by atoms with Crippen molar-refractivity contribution < 1.29 is 22.7 Å². The van der Waals surface area contributed by atoms with Gasteiger partial charge in [-0.05, 0) is 29.8 Å². The van der Waals surface area contributed by atoms with E-state index >= 15 is 0 Å². The topological polar surface area (TPSA) is 103 Å². The molecule has 4 rings (SSSR count). The minimum atomic E-state index is -3.94. The zero-order valence-electron chi connectivity index (χ0n) is 18.1. The van der Waals surface area contributed by atoms with Crippen LogP contribution in [-0.2, 0) is 21.9 Å². The number of sulfonamides is 1. The summed E-state index contributed by atoms with van der Waals surface area (Å²) in [7, 11) is -0.771. The van der Waals surface area contributed by atoms with Gasteiger partial charge >= 0.3 is 0 Å². The molecule has 174 valence electrons. The van der Waals surface area contributed by atoms with E-state index in [1.54, 1.807) is 47.3 Å². The highest BCUT2D eigenvalue weighted by Gasteiger charge is 2.27. The van der Waals surface area contributed by atoms with Crippen LogP contribution in [0.1, 0.15) is 17.4 Å². The summed E-state index contributed by atoms with van der Waals surface area (Å²) in [4.78, 5) is 17.3. The van der Waals surface area contributed by atoms with E-state index in [9.17, 15) is 13.2 Å². The van der Waals surface area contributed by atoms with Crippen molar-refractivity contribution in [1.82, 2.24) is 19.2 Å². The number of rotatable bonds is 7. The molecule has 0 saturated heterocycles. The molecule has 1 N–H and O–H groups in total. The van der Waals surface area contributed by atoms with E-state index in [1.165, 1.54) is 19.2 Å². The summed E-state index contributed by atoms with van der Waals surface area (Å²) in [5.74, 6) is 0.962. The van der Waals surface area contributed by atoms with Crippen LogP contribution in [0.15, 0.2) is 59.8 Å². The van der Waals surface area contributed by atoms with Gasteiger partial charge in [0.05, 0.1) is 11.4 Å². The molecule has 33 heavy (non-hydrogen) atoms. The third-order valence-corrected chi connectivity index (χ3v) is 7.26. The molecular formula is C22H23ClN4O5S. The highest BCUT2D eigenvalue weighted by Crippen LogP contribution is 2.33. The highest BCUT2D eigenvalue weighted by atomic mass is 35.5. The first-order valence-corrected chi connectivity index (χ1v) is 12.0. The Hall–Kier alpha value is -3.08. The van der Waals surface area contributed by atoms with Crippen molar-refractivity contribution in [2.24, 2.45) is 7.05 Å². The Morgan fingerprint density at radius 3 is 2.55 bits per heavy atom. The van der Waals surface area contributed by atoms with Crippen LogP contribution in [0.5, 0.6) is 11.5 Å². The maximum absolute atomic E-state index is 13.0. The fourth-order valence-electron chi connectivity index (χ4n) is 3.47. The number of carbonyl (C=O) groups is 1. The molecule has 1 aliphatic rings. The van der Waals surface area contributed by atoms with Gasteiger partial charge in [-0.15, -0.1) is 0 Å². The van der Waals surface area contributed by atoms with E-state index in [1.807, 2.05) is 7.05 Å². The summed E-state index contributed by atoms with van der Waals surface area (Å²) in [6.07, 6.45) is 3.39. The molecule has 1 aliphatic heterocycles. The number of hydrogen-bond acceptors (Lipinski definition) is 6. The Morgan fingerprint density at radius 1 is 1.18 bits per heavy atom. The van der Waals surface area contributed by atoms with Crippen molar-refractivity contribution in [2.45, 2.75) is 10.9 Å². The second kappa shape index (κ2) is 9.42. The smallest absolute Gasteiger partial charge is 0.243 e. The van der Waals surface area contributed by atoms with Crippen molar-refractivity contribution in [3.05, 3.63) is 71.3 Å². The van der Waals surface area contributed by atoms with Gasteiger partial charge in [-0.1, -0.05) is 23.7 Å². The molecule has 3 aromatic rings. The number of benzene rings is 2. The largest absolute Gasteiger partial charge is 0.486 e. The maximum Gasteiger partial charge on any atom is 0.243 e. The molecule has 1 aromatic heterocycles. The highest BCUT2D eigenvalue weighted by molar-refractivity contribution is 7.89. The second-order valence-corrected chi connectivity index (χ2v) is 10.00. The average Bonchev–Trinajstić information content (AvgIpc) is 3.23. The molecule has 0 fully saturated rings. The number of fused-ring (bicyclic) bond motifs is 1. The first-order valence-electron chi connectivity index (χ1n) is 10.1. The lowest BCUT2D eigenvalue weighted by molar-refractivity contribution is -0.121. The summed E-state index contributed by atoms with van der Waals surface area (Å²) in [6, 6.07) is 10.8. The van der Waals surface area contributed by atoms with Crippen molar-refractivity contribution in [2.75, 3.05) is 26.8 Å². The van der Waals surface area contributed by atoms with Gasteiger partial charge in [-0.2, -0.15) is 4.31 Å². The van der Waals surface area contributed by atoms with Gasteiger partial charge in [0.25, 0.3) is 0 Å². The standard InChI is InChI=1S/C22H23ClN4O5S/c1-26-10-9-24-22(26)21(15-3-5-16(23)6-4-15)25-20(28)14-27(2)33(29,30)17-7-8-18-19(13-17)32-12-11-31-18/h3-10,13,21H,11-12,14H2,1-2H3,(H,25,28)/t21-/m1/s1. The molecule has 9 nitrogen and oxygen atoms in total. The number of aryl methyl sites for hydroxylation is 1. The molecule has 0 saturated carbocycles. The zero-order valence-corrected chi connectivity index (χ0v) is 19.6. The van der Waals surface area contributed by atoms with Crippen LogP contribution in [0.25, 0.3) is 0 Å². The molecule has 0 unspecified atom stereocenters. The Balaban J connectivity index is 1.52. The molecular weight excluding hydrogens is 468 g/mol. The van der Waals surface area contributed by atoms with Crippen molar-refractivity contribution in [3.63, 3.8) is 0 Å². The predicted molar refractivity (Wildman–Crippen MR) is 122 cm³/mol. The van der Waals surface area contributed by atoms with Crippen molar-refractivity contribution in [3.8, 4) is 11.5 Å². The quantitative estimate of drug-likeness (QED) is 0.545. The van der Waals surface area contributed by atoms with Gasteiger partial charge in [-0.3, -0.25) is 4.79 Å². The number of ether oxygens (including phenoxy) is 2. The number of likely N-dealkylation sites (N-methyl/N-ethyl adjacent to an activating group) is 1. The van der Waals surface area contributed by atoms with Crippen LogP contribution < -0.4 is 14.8 Å². The number of hydrogen-bond donors (Lipinski definition) is 1. The van der Waals surface area contributed by atoms with E-state index in [4.69, 9.17) is 21.1 Å². The van der Waals surface area contributed by atoms with Crippen LogP contribution in [0.3, 0.4) is 0 Å². The van der Waals surface area contributed by atoms with E-state index < -0.39 is 22.0 Å². The molecule has 1 amide bonds. The average molecular weight is 491 g/mol. The summed E-state index contributed by atoms with van der Waals surface area (Å²) in [6.45, 7) is 0.364. The van der Waals surface area contributed by atoms with Gasteiger partial charge < -0.3 is 19.4 Å². The molecule has 0 spiro atoms. The third-order valence-electron chi connectivity index (χ3n) is 5.21. The Kier molecular flexibility index (Phi) is 6.59.